The van der Waals surface area contributed by atoms with Gasteiger partial charge in [-0.2, -0.15) is 5.26 Å². The quantitative estimate of drug-likeness (QED) is 0.820. The van der Waals surface area contributed by atoms with Crippen molar-refractivity contribution in [3.05, 3.63) is 35.4 Å². The third-order valence-corrected chi connectivity index (χ3v) is 3.82. The van der Waals surface area contributed by atoms with Crippen molar-refractivity contribution in [1.82, 2.24) is 15.1 Å². The van der Waals surface area contributed by atoms with E-state index in [0.29, 0.717) is 5.56 Å². The van der Waals surface area contributed by atoms with Crippen LogP contribution in [0.4, 0.5) is 0 Å². The minimum Gasteiger partial charge on any atom is -0.366 e. The molecule has 2 rings (SSSR count). The topological polar surface area (TPSA) is 42.3 Å². The summed E-state index contributed by atoms with van der Waals surface area (Å²) in [5, 5.41) is 12.6. The molecule has 0 atom stereocenters. The van der Waals surface area contributed by atoms with Crippen LogP contribution in [0.3, 0.4) is 0 Å². The van der Waals surface area contributed by atoms with Crippen molar-refractivity contribution < 1.29 is 0 Å². The van der Waals surface area contributed by atoms with E-state index in [2.05, 4.69) is 21.2 Å². The maximum absolute atomic E-state index is 8.77. The van der Waals surface area contributed by atoms with Gasteiger partial charge in [0, 0.05) is 39.8 Å². The minimum atomic E-state index is 0.716. The lowest BCUT2D eigenvalue weighted by Crippen LogP contribution is -2.50. The first-order valence-electron chi connectivity index (χ1n) is 6.41. The fourth-order valence-electron chi connectivity index (χ4n) is 2.21. The van der Waals surface area contributed by atoms with Crippen LogP contribution in [0.5, 0.6) is 0 Å². The monoisotopic (exact) mass is 274 g/mol. The average Bonchev–Trinajstić information content (AvgIpc) is 2.48. The average molecular weight is 274 g/mol. The molecule has 0 spiro atoms. The molecule has 1 aromatic rings. The molecular formula is C14H18N4S. The van der Waals surface area contributed by atoms with Gasteiger partial charge in [0.1, 0.15) is 0 Å². The predicted molar refractivity (Wildman–Crippen MR) is 79.7 cm³/mol. The Balaban J connectivity index is 1.85. The first kappa shape index (κ1) is 13.8. The van der Waals surface area contributed by atoms with E-state index in [0.717, 1.165) is 37.8 Å². The van der Waals surface area contributed by atoms with Crippen LogP contribution in [0.25, 0.3) is 0 Å². The molecule has 1 aliphatic rings. The Morgan fingerprint density at radius 3 is 2.42 bits per heavy atom. The third kappa shape index (κ3) is 3.66. The van der Waals surface area contributed by atoms with Gasteiger partial charge in [-0.1, -0.05) is 12.1 Å². The fraction of sp³-hybridized carbons (Fsp3) is 0.429. The Morgan fingerprint density at radius 1 is 1.26 bits per heavy atom. The van der Waals surface area contributed by atoms with Crippen molar-refractivity contribution in [1.29, 1.82) is 5.26 Å². The molecule has 0 aliphatic carbocycles. The van der Waals surface area contributed by atoms with Crippen molar-refractivity contribution in [2.24, 2.45) is 0 Å². The third-order valence-electron chi connectivity index (χ3n) is 3.36. The number of nitriles is 1. The van der Waals surface area contributed by atoms with Crippen LogP contribution in [0, 0.1) is 11.3 Å². The van der Waals surface area contributed by atoms with Crippen LogP contribution in [0.1, 0.15) is 11.1 Å². The highest BCUT2D eigenvalue weighted by molar-refractivity contribution is 7.80. The highest BCUT2D eigenvalue weighted by atomic mass is 32.1. The molecule has 0 unspecified atom stereocenters. The maximum atomic E-state index is 8.77. The van der Waals surface area contributed by atoms with Gasteiger partial charge in [0.25, 0.3) is 0 Å². The smallest absolute Gasteiger partial charge is 0.168 e. The van der Waals surface area contributed by atoms with Crippen molar-refractivity contribution in [3.8, 4) is 6.07 Å². The molecule has 0 saturated carbocycles. The van der Waals surface area contributed by atoms with E-state index in [-0.39, 0.29) is 0 Å². The molecule has 100 valence electrons. The van der Waals surface area contributed by atoms with Gasteiger partial charge < -0.3 is 10.2 Å². The van der Waals surface area contributed by atoms with Crippen LogP contribution in [0.15, 0.2) is 24.3 Å². The number of benzene rings is 1. The molecule has 1 aromatic carbocycles. The van der Waals surface area contributed by atoms with Crippen LogP contribution < -0.4 is 5.32 Å². The Hall–Kier alpha value is -1.64. The second-order valence-electron chi connectivity index (χ2n) is 4.63. The molecule has 0 amide bonds. The summed E-state index contributed by atoms with van der Waals surface area (Å²) < 4.78 is 0. The Kier molecular flexibility index (Phi) is 4.72. The normalized spacial score (nSPS) is 15.9. The summed E-state index contributed by atoms with van der Waals surface area (Å²) in [6.45, 7) is 4.90. The molecule has 1 heterocycles. The van der Waals surface area contributed by atoms with Gasteiger partial charge >= 0.3 is 0 Å². The zero-order chi connectivity index (χ0) is 13.7. The zero-order valence-electron chi connectivity index (χ0n) is 11.1. The fourth-order valence-corrected chi connectivity index (χ4v) is 2.39. The Bertz CT molecular complexity index is 469. The number of nitrogens with zero attached hydrogens (tertiary/aromatic N) is 3. The van der Waals surface area contributed by atoms with E-state index in [4.69, 9.17) is 17.5 Å². The zero-order valence-corrected chi connectivity index (χ0v) is 11.9. The summed E-state index contributed by atoms with van der Waals surface area (Å²) >= 11 is 5.24. The molecule has 0 bridgehead atoms. The molecule has 19 heavy (non-hydrogen) atoms. The molecule has 5 heteroatoms. The second-order valence-corrected chi connectivity index (χ2v) is 5.01. The van der Waals surface area contributed by atoms with E-state index in [1.165, 1.54) is 5.56 Å². The predicted octanol–water partition coefficient (Wildman–Crippen LogP) is 1.18. The Labute approximate surface area is 119 Å². The summed E-state index contributed by atoms with van der Waals surface area (Å²) in [6, 6.07) is 9.96. The van der Waals surface area contributed by atoms with E-state index in [1.54, 1.807) is 0 Å². The van der Waals surface area contributed by atoms with Crippen molar-refractivity contribution in [3.63, 3.8) is 0 Å². The highest BCUT2D eigenvalue weighted by Gasteiger charge is 2.18. The van der Waals surface area contributed by atoms with Gasteiger partial charge in [-0.15, -0.1) is 0 Å². The summed E-state index contributed by atoms with van der Waals surface area (Å²) in [6.07, 6.45) is 0. The number of rotatable bonds is 2. The van der Waals surface area contributed by atoms with Gasteiger partial charge in [-0.05, 0) is 29.9 Å². The van der Waals surface area contributed by atoms with Crippen LogP contribution in [0.2, 0.25) is 0 Å². The van der Waals surface area contributed by atoms with E-state index >= 15 is 0 Å². The van der Waals surface area contributed by atoms with Gasteiger partial charge in [0.2, 0.25) is 0 Å². The lowest BCUT2D eigenvalue weighted by atomic mass is 10.1. The number of nitrogens with one attached hydrogen (secondary N) is 1. The molecule has 1 saturated heterocycles. The number of hydrogen-bond acceptors (Lipinski definition) is 3. The van der Waals surface area contributed by atoms with Gasteiger partial charge in [0.15, 0.2) is 5.11 Å². The molecule has 0 aromatic heterocycles. The van der Waals surface area contributed by atoms with Crippen LogP contribution in [-0.4, -0.2) is 48.1 Å². The number of thiocarbonyl (C=S) groups is 1. The van der Waals surface area contributed by atoms with Crippen molar-refractivity contribution >= 4 is 17.3 Å². The molecule has 1 fully saturated rings. The van der Waals surface area contributed by atoms with Gasteiger partial charge in [-0.3, -0.25) is 4.90 Å². The molecule has 4 nitrogen and oxygen atoms in total. The number of hydrogen-bond donors (Lipinski definition) is 1. The minimum absolute atomic E-state index is 0.716. The molecule has 1 N–H and O–H groups in total. The summed E-state index contributed by atoms with van der Waals surface area (Å²) in [4.78, 5) is 4.61. The van der Waals surface area contributed by atoms with Crippen molar-refractivity contribution in [2.75, 3.05) is 33.2 Å². The first-order valence-corrected chi connectivity index (χ1v) is 6.82. The largest absolute Gasteiger partial charge is 0.366 e. The van der Waals surface area contributed by atoms with E-state index < -0.39 is 0 Å². The van der Waals surface area contributed by atoms with Crippen LogP contribution >= 0.6 is 12.2 Å². The lowest BCUT2D eigenvalue weighted by molar-refractivity contribution is 0.175. The molecule has 1 aliphatic heterocycles. The van der Waals surface area contributed by atoms with Crippen LogP contribution in [-0.2, 0) is 6.54 Å². The standard InChI is InChI=1S/C14H18N4S/c1-16-14(19)18-8-6-17(7-9-18)11-13-4-2-12(10-15)3-5-13/h2-5H,6-9,11H2,1H3,(H,16,19). The summed E-state index contributed by atoms with van der Waals surface area (Å²) in [5.74, 6) is 0. The first-order chi connectivity index (χ1) is 9.22. The summed E-state index contributed by atoms with van der Waals surface area (Å²) in [5.41, 5.74) is 1.97. The molecule has 0 radical (unpaired) electrons. The highest BCUT2D eigenvalue weighted by Crippen LogP contribution is 2.10. The SMILES string of the molecule is CNC(=S)N1CCN(Cc2ccc(C#N)cc2)CC1. The van der Waals surface area contributed by atoms with Crippen molar-refractivity contribution in [2.45, 2.75) is 6.54 Å². The Morgan fingerprint density at radius 2 is 1.89 bits per heavy atom. The van der Waals surface area contributed by atoms with Gasteiger partial charge in [0.05, 0.1) is 11.6 Å². The number of piperazine rings is 1. The second kappa shape index (κ2) is 6.50. The lowest BCUT2D eigenvalue weighted by Gasteiger charge is -2.35. The summed E-state index contributed by atoms with van der Waals surface area (Å²) in [7, 11) is 1.87. The van der Waals surface area contributed by atoms with Gasteiger partial charge in [-0.25, -0.2) is 0 Å². The molecular weight excluding hydrogens is 256 g/mol. The van der Waals surface area contributed by atoms with E-state index in [1.807, 2.05) is 31.3 Å². The van der Waals surface area contributed by atoms with E-state index in [9.17, 15) is 0 Å². The maximum Gasteiger partial charge on any atom is 0.168 e.